The van der Waals surface area contributed by atoms with Crippen molar-refractivity contribution in [2.45, 2.75) is 25.9 Å². The number of benzene rings is 2. The van der Waals surface area contributed by atoms with Crippen LogP contribution in [0.2, 0.25) is 0 Å². The van der Waals surface area contributed by atoms with Crippen LogP contribution in [0, 0.1) is 6.92 Å². The molecule has 33 heavy (non-hydrogen) atoms. The molecule has 4 aromatic rings. The van der Waals surface area contributed by atoms with Crippen LogP contribution in [0.15, 0.2) is 91.3 Å². The zero-order valence-corrected chi connectivity index (χ0v) is 19.5. The van der Waals surface area contributed by atoms with Gasteiger partial charge in [0, 0.05) is 29.5 Å². The Morgan fingerprint density at radius 3 is 2.55 bits per heavy atom. The van der Waals surface area contributed by atoms with Crippen molar-refractivity contribution in [1.29, 1.82) is 0 Å². The van der Waals surface area contributed by atoms with Crippen LogP contribution in [0.25, 0.3) is 5.69 Å². The molecule has 0 saturated carbocycles. The van der Waals surface area contributed by atoms with Gasteiger partial charge in [-0.15, -0.1) is 0 Å². The van der Waals surface area contributed by atoms with Gasteiger partial charge in [-0.2, -0.15) is 0 Å². The molecular weight excluding hydrogens is 428 g/mol. The van der Waals surface area contributed by atoms with E-state index in [1.165, 1.54) is 5.56 Å². The first kappa shape index (κ1) is 21.2. The summed E-state index contributed by atoms with van der Waals surface area (Å²) in [5, 5.41) is 4.21. The van der Waals surface area contributed by atoms with E-state index in [0.29, 0.717) is 11.7 Å². The minimum atomic E-state index is -0.0938. The Hall–Kier alpha value is -3.64. The average molecular weight is 455 g/mol. The van der Waals surface area contributed by atoms with E-state index in [1.54, 1.807) is 0 Å². The third-order valence-electron chi connectivity index (χ3n) is 5.89. The fourth-order valence-electron chi connectivity index (χ4n) is 4.45. The Morgan fingerprint density at radius 1 is 0.970 bits per heavy atom. The number of aryl methyl sites for hydroxylation is 1. The monoisotopic (exact) mass is 454 g/mol. The smallest absolute Gasteiger partial charge is 0.174 e. The second-order valence-corrected chi connectivity index (χ2v) is 8.45. The van der Waals surface area contributed by atoms with Gasteiger partial charge in [0.25, 0.3) is 0 Å². The first-order valence-electron chi connectivity index (χ1n) is 11.1. The summed E-state index contributed by atoms with van der Waals surface area (Å²) in [5.74, 6) is 0.847. The SMILES string of the molecule is CCOc1ccc(N2C(=S)NC(c3ccccn3)C2c2cccn2-c2cccc(C)c2)cc1. The van der Waals surface area contributed by atoms with E-state index >= 15 is 0 Å². The van der Waals surface area contributed by atoms with Crippen molar-refractivity contribution in [3.63, 3.8) is 0 Å². The molecule has 0 aliphatic carbocycles. The maximum atomic E-state index is 5.86. The predicted octanol–water partition coefficient (Wildman–Crippen LogP) is 5.76. The fraction of sp³-hybridized carbons (Fsp3) is 0.185. The summed E-state index contributed by atoms with van der Waals surface area (Å²) in [7, 11) is 0. The number of nitrogens with zero attached hydrogens (tertiary/aromatic N) is 3. The third kappa shape index (κ3) is 4.10. The van der Waals surface area contributed by atoms with E-state index in [0.717, 1.165) is 28.5 Å². The number of anilines is 1. The average Bonchev–Trinajstić information content (AvgIpc) is 3.45. The summed E-state index contributed by atoms with van der Waals surface area (Å²) < 4.78 is 7.89. The molecular formula is C27H26N4OS. The highest BCUT2D eigenvalue weighted by Gasteiger charge is 2.42. The molecule has 2 aromatic heterocycles. The van der Waals surface area contributed by atoms with E-state index in [-0.39, 0.29) is 12.1 Å². The lowest BCUT2D eigenvalue weighted by atomic mass is 10.0. The second-order valence-electron chi connectivity index (χ2n) is 8.07. The number of nitrogens with one attached hydrogen (secondary N) is 1. The van der Waals surface area contributed by atoms with Gasteiger partial charge >= 0.3 is 0 Å². The Bertz CT molecular complexity index is 1250. The molecule has 1 fully saturated rings. The standard InChI is InChI=1S/C27H26N4OS/c1-3-32-22-14-12-20(13-15-22)31-26(25(29-27(31)33)23-10-4-5-16-28-23)24-11-7-17-30(24)21-9-6-8-19(2)18-21/h4-18,25-26H,3H2,1-2H3,(H,29,33). The number of aromatic nitrogens is 2. The summed E-state index contributed by atoms with van der Waals surface area (Å²) in [6.45, 7) is 4.74. The number of rotatable bonds is 6. The van der Waals surface area contributed by atoms with Crippen molar-refractivity contribution in [3.05, 3.63) is 108 Å². The molecule has 2 atom stereocenters. The van der Waals surface area contributed by atoms with Crippen molar-refractivity contribution < 1.29 is 4.74 Å². The van der Waals surface area contributed by atoms with Crippen LogP contribution in [-0.2, 0) is 0 Å². The highest BCUT2D eigenvalue weighted by atomic mass is 32.1. The first-order valence-corrected chi connectivity index (χ1v) is 11.5. The van der Waals surface area contributed by atoms with E-state index < -0.39 is 0 Å². The van der Waals surface area contributed by atoms with E-state index in [1.807, 2.05) is 37.4 Å². The van der Waals surface area contributed by atoms with Crippen LogP contribution in [0.3, 0.4) is 0 Å². The summed E-state index contributed by atoms with van der Waals surface area (Å²) >= 11 is 5.86. The van der Waals surface area contributed by atoms with Crippen LogP contribution < -0.4 is 15.0 Å². The largest absolute Gasteiger partial charge is 0.494 e. The van der Waals surface area contributed by atoms with E-state index in [2.05, 4.69) is 87.5 Å². The Balaban J connectivity index is 1.63. The van der Waals surface area contributed by atoms with Crippen molar-refractivity contribution in [2.24, 2.45) is 0 Å². The fourth-order valence-corrected chi connectivity index (χ4v) is 4.80. The number of pyridine rings is 1. The van der Waals surface area contributed by atoms with Gasteiger partial charge in [-0.25, -0.2) is 0 Å². The van der Waals surface area contributed by atoms with Gasteiger partial charge in [-0.3, -0.25) is 4.98 Å². The lowest BCUT2D eigenvalue weighted by Crippen LogP contribution is -2.30. The van der Waals surface area contributed by atoms with Gasteiger partial charge in [0.1, 0.15) is 11.8 Å². The van der Waals surface area contributed by atoms with E-state index in [9.17, 15) is 0 Å². The number of hydrogen-bond donors (Lipinski definition) is 1. The summed E-state index contributed by atoms with van der Waals surface area (Å²) in [4.78, 5) is 6.85. The van der Waals surface area contributed by atoms with Gasteiger partial charge in [-0.05, 0) is 92.3 Å². The molecule has 1 aliphatic heterocycles. The lowest BCUT2D eigenvalue weighted by molar-refractivity contribution is 0.340. The number of thiocarbonyl (C=S) groups is 1. The minimum absolute atomic E-state index is 0.0825. The molecule has 6 heteroatoms. The van der Waals surface area contributed by atoms with Crippen molar-refractivity contribution >= 4 is 23.0 Å². The van der Waals surface area contributed by atoms with Gasteiger partial charge in [0.2, 0.25) is 0 Å². The number of ether oxygens (including phenoxy) is 1. The molecule has 5 rings (SSSR count). The zero-order chi connectivity index (χ0) is 22.8. The molecule has 166 valence electrons. The van der Waals surface area contributed by atoms with Gasteiger partial charge in [-0.1, -0.05) is 18.2 Å². The van der Waals surface area contributed by atoms with Gasteiger partial charge < -0.3 is 19.5 Å². The summed E-state index contributed by atoms with van der Waals surface area (Å²) in [6.07, 6.45) is 3.94. The molecule has 2 aromatic carbocycles. The summed E-state index contributed by atoms with van der Waals surface area (Å²) in [5.41, 5.74) is 5.44. The van der Waals surface area contributed by atoms with Crippen LogP contribution in [0.1, 0.15) is 36.0 Å². The predicted molar refractivity (Wildman–Crippen MR) is 136 cm³/mol. The lowest BCUT2D eigenvalue weighted by Gasteiger charge is -2.29. The molecule has 0 bridgehead atoms. The third-order valence-corrected chi connectivity index (χ3v) is 6.20. The quantitative estimate of drug-likeness (QED) is 0.376. The topological polar surface area (TPSA) is 42.3 Å². The Morgan fingerprint density at radius 2 is 1.82 bits per heavy atom. The molecule has 0 spiro atoms. The normalized spacial score (nSPS) is 17.8. The van der Waals surface area contributed by atoms with Crippen LogP contribution >= 0.6 is 12.2 Å². The zero-order valence-electron chi connectivity index (χ0n) is 18.7. The van der Waals surface area contributed by atoms with Gasteiger partial charge in [0.15, 0.2) is 5.11 Å². The van der Waals surface area contributed by atoms with Gasteiger partial charge in [0.05, 0.1) is 18.3 Å². The molecule has 3 heterocycles. The van der Waals surface area contributed by atoms with Crippen LogP contribution in [-0.4, -0.2) is 21.3 Å². The number of hydrogen-bond acceptors (Lipinski definition) is 3. The first-order chi connectivity index (χ1) is 16.2. The van der Waals surface area contributed by atoms with Crippen molar-refractivity contribution in [1.82, 2.24) is 14.9 Å². The minimum Gasteiger partial charge on any atom is -0.494 e. The second kappa shape index (κ2) is 9.08. The molecule has 0 radical (unpaired) electrons. The molecule has 0 amide bonds. The highest BCUT2D eigenvalue weighted by Crippen LogP contribution is 2.42. The van der Waals surface area contributed by atoms with Crippen molar-refractivity contribution in [3.8, 4) is 11.4 Å². The Kier molecular flexibility index (Phi) is 5.84. The molecule has 1 saturated heterocycles. The van der Waals surface area contributed by atoms with E-state index in [4.69, 9.17) is 17.0 Å². The molecule has 1 N–H and O–H groups in total. The summed E-state index contributed by atoms with van der Waals surface area (Å²) in [6, 6.07) is 26.7. The molecule has 2 unspecified atom stereocenters. The molecule has 1 aliphatic rings. The van der Waals surface area contributed by atoms with Crippen molar-refractivity contribution in [2.75, 3.05) is 11.5 Å². The maximum Gasteiger partial charge on any atom is 0.174 e. The Labute approximate surface area is 199 Å². The molecule has 5 nitrogen and oxygen atoms in total. The van der Waals surface area contributed by atoms with Crippen LogP contribution in [0.4, 0.5) is 5.69 Å². The highest BCUT2D eigenvalue weighted by molar-refractivity contribution is 7.80. The van der Waals surface area contributed by atoms with Crippen LogP contribution in [0.5, 0.6) is 5.75 Å². The maximum absolute atomic E-state index is 5.86.